The van der Waals surface area contributed by atoms with E-state index in [-0.39, 0.29) is 11.3 Å². The number of amides is 1. The second-order valence-corrected chi connectivity index (χ2v) is 5.69. The van der Waals surface area contributed by atoms with Crippen LogP contribution >= 0.6 is 11.8 Å². The van der Waals surface area contributed by atoms with Gasteiger partial charge in [0.25, 0.3) is 5.91 Å². The topological polar surface area (TPSA) is 124 Å². The third-order valence-electron chi connectivity index (χ3n) is 3.19. The molecule has 8 nitrogen and oxygen atoms in total. The summed E-state index contributed by atoms with van der Waals surface area (Å²) >= 11 is 1.63. The highest BCUT2D eigenvalue weighted by Crippen LogP contribution is 2.32. The summed E-state index contributed by atoms with van der Waals surface area (Å²) in [6, 6.07) is 2.60. The standard InChI is InChI=1S/C13H17N5O3S/c1-7-3-4-8(11(20)10(7)19)13(21)14-9(5-6-22-2)12-15-17-18-16-12/h3-4,9,19-20H,5-6H2,1-2H3,(H,14,21)(H,15,16,17,18)/t9-/m0/s1. The summed E-state index contributed by atoms with van der Waals surface area (Å²) in [5.74, 6) is -0.0750. The van der Waals surface area contributed by atoms with Gasteiger partial charge in [0.05, 0.1) is 11.6 Å². The Bertz CT molecular complexity index is 647. The number of aromatic nitrogens is 4. The third kappa shape index (κ3) is 3.48. The highest BCUT2D eigenvalue weighted by Gasteiger charge is 2.22. The highest BCUT2D eigenvalue weighted by atomic mass is 32.2. The number of hydrogen-bond donors (Lipinski definition) is 4. The zero-order valence-corrected chi connectivity index (χ0v) is 13.0. The van der Waals surface area contributed by atoms with Crippen LogP contribution in [0.5, 0.6) is 11.5 Å². The fourth-order valence-electron chi connectivity index (χ4n) is 1.92. The molecule has 118 valence electrons. The molecular weight excluding hydrogens is 306 g/mol. The summed E-state index contributed by atoms with van der Waals surface area (Å²) in [5.41, 5.74) is 0.492. The van der Waals surface area contributed by atoms with Crippen molar-refractivity contribution in [3.63, 3.8) is 0 Å². The smallest absolute Gasteiger partial charge is 0.255 e. The van der Waals surface area contributed by atoms with Crippen molar-refractivity contribution in [3.8, 4) is 11.5 Å². The maximum atomic E-state index is 12.3. The van der Waals surface area contributed by atoms with Gasteiger partial charge in [-0.2, -0.15) is 17.0 Å². The first-order chi connectivity index (χ1) is 10.5. The largest absolute Gasteiger partial charge is 0.504 e. The zero-order chi connectivity index (χ0) is 16.1. The second kappa shape index (κ2) is 7.12. The molecule has 0 spiro atoms. The molecular formula is C13H17N5O3S. The van der Waals surface area contributed by atoms with E-state index in [1.807, 2.05) is 6.26 Å². The number of carbonyl (C=O) groups excluding carboxylic acids is 1. The van der Waals surface area contributed by atoms with Crippen molar-refractivity contribution in [3.05, 3.63) is 29.1 Å². The van der Waals surface area contributed by atoms with Gasteiger partial charge in [0.15, 0.2) is 17.3 Å². The molecule has 1 atom stereocenters. The van der Waals surface area contributed by atoms with Crippen molar-refractivity contribution < 1.29 is 15.0 Å². The molecule has 0 unspecified atom stereocenters. The lowest BCUT2D eigenvalue weighted by Crippen LogP contribution is -2.30. The first kappa shape index (κ1) is 16.1. The number of aromatic amines is 1. The van der Waals surface area contributed by atoms with Crippen molar-refractivity contribution in [1.82, 2.24) is 25.9 Å². The van der Waals surface area contributed by atoms with Gasteiger partial charge in [-0.1, -0.05) is 11.3 Å². The number of nitrogens with zero attached hydrogens (tertiary/aromatic N) is 3. The molecule has 0 radical (unpaired) electrons. The minimum Gasteiger partial charge on any atom is -0.504 e. The van der Waals surface area contributed by atoms with Gasteiger partial charge in [0.2, 0.25) is 0 Å². The Morgan fingerprint density at radius 1 is 1.41 bits per heavy atom. The van der Waals surface area contributed by atoms with Crippen LogP contribution in [0.3, 0.4) is 0 Å². The van der Waals surface area contributed by atoms with Gasteiger partial charge in [-0.25, -0.2) is 0 Å². The van der Waals surface area contributed by atoms with E-state index in [0.29, 0.717) is 17.8 Å². The van der Waals surface area contributed by atoms with Gasteiger partial charge in [-0.3, -0.25) is 4.79 Å². The Labute approximate surface area is 131 Å². The first-order valence-corrected chi connectivity index (χ1v) is 7.98. The summed E-state index contributed by atoms with van der Waals surface area (Å²) < 4.78 is 0. The van der Waals surface area contributed by atoms with Crippen LogP contribution in [-0.4, -0.2) is 48.8 Å². The summed E-state index contributed by atoms with van der Waals surface area (Å²) in [5, 5.41) is 36.0. The van der Waals surface area contributed by atoms with Gasteiger partial charge < -0.3 is 15.5 Å². The average Bonchev–Trinajstić information content (AvgIpc) is 3.03. The maximum Gasteiger partial charge on any atom is 0.255 e. The Hall–Kier alpha value is -2.29. The number of rotatable bonds is 6. The van der Waals surface area contributed by atoms with Crippen LogP contribution in [-0.2, 0) is 0 Å². The number of carbonyl (C=O) groups is 1. The van der Waals surface area contributed by atoms with Gasteiger partial charge in [-0.05, 0) is 37.0 Å². The van der Waals surface area contributed by atoms with Crippen molar-refractivity contribution in [2.45, 2.75) is 19.4 Å². The van der Waals surface area contributed by atoms with Crippen LogP contribution in [0, 0.1) is 6.92 Å². The number of H-pyrrole nitrogens is 1. The molecule has 0 saturated heterocycles. The molecule has 0 aliphatic heterocycles. The second-order valence-electron chi connectivity index (χ2n) is 4.70. The molecule has 2 rings (SSSR count). The fraction of sp³-hybridized carbons (Fsp3) is 0.385. The lowest BCUT2D eigenvalue weighted by atomic mass is 10.1. The minimum atomic E-state index is -0.510. The molecule has 0 saturated carbocycles. The molecule has 2 aromatic rings. The molecule has 9 heteroatoms. The Morgan fingerprint density at radius 2 is 2.18 bits per heavy atom. The van der Waals surface area contributed by atoms with Crippen LogP contribution in [0.1, 0.15) is 34.2 Å². The summed E-state index contributed by atoms with van der Waals surface area (Å²) in [6.07, 6.45) is 2.57. The number of phenols is 2. The molecule has 22 heavy (non-hydrogen) atoms. The normalized spacial score (nSPS) is 12.1. The third-order valence-corrected chi connectivity index (χ3v) is 3.83. The summed E-state index contributed by atoms with van der Waals surface area (Å²) in [7, 11) is 0. The Balaban J connectivity index is 2.19. The number of phenolic OH excluding ortho intramolecular Hbond substituents is 2. The number of aromatic hydroxyl groups is 2. The van der Waals surface area contributed by atoms with Crippen LogP contribution in [0.15, 0.2) is 12.1 Å². The number of nitrogens with one attached hydrogen (secondary N) is 2. The van der Waals surface area contributed by atoms with Crippen LogP contribution in [0.4, 0.5) is 0 Å². The number of hydrogen-bond acceptors (Lipinski definition) is 7. The van der Waals surface area contributed by atoms with Gasteiger partial charge in [0, 0.05) is 0 Å². The van der Waals surface area contributed by atoms with Crippen molar-refractivity contribution >= 4 is 17.7 Å². The highest BCUT2D eigenvalue weighted by molar-refractivity contribution is 7.98. The number of benzene rings is 1. The van der Waals surface area contributed by atoms with E-state index in [1.54, 1.807) is 24.8 Å². The maximum absolute atomic E-state index is 12.3. The monoisotopic (exact) mass is 323 g/mol. The molecule has 1 aromatic heterocycles. The van der Waals surface area contributed by atoms with Crippen molar-refractivity contribution in [2.75, 3.05) is 12.0 Å². The predicted molar refractivity (Wildman–Crippen MR) is 81.9 cm³/mol. The van der Waals surface area contributed by atoms with E-state index in [2.05, 4.69) is 25.9 Å². The van der Waals surface area contributed by atoms with E-state index in [1.165, 1.54) is 6.07 Å². The number of tetrazole rings is 1. The first-order valence-electron chi connectivity index (χ1n) is 6.59. The lowest BCUT2D eigenvalue weighted by Gasteiger charge is -2.16. The van der Waals surface area contributed by atoms with Crippen molar-refractivity contribution in [2.24, 2.45) is 0 Å². The van der Waals surface area contributed by atoms with E-state index in [4.69, 9.17) is 0 Å². The molecule has 1 aromatic carbocycles. The molecule has 0 aliphatic carbocycles. The lowest BCUT2D eigenvalue weighted by molar-refractivity contribution is 0.0930. The minimum absolute atomic E-state index is 0.000691. The molecule has 0 bridgehead atoms. The number of thioether (sulfide) groups is 1. The Kier molecular flexibility index (Phi) is 5.21. The molecule has 1 amide bonds. The average molecular weight is 323 g/mol. The molecule has 0 fully saturated rings. The Morgan fingerprint density at radius 3 is 2.82 bits per heavy atom. The SMILES string of the molecule is CSCC[C@H](NC(=O)c1ccc(C)c(O)c1O)c1nn[nH]n1. The van der Waals surface area contributed by atoms with Crippen LogP contribution in [0.2, 0.25) is 0 Å². The molecule has 1 heterocycles. The summed E-state index contributed by atoms with van der Waals surface area (Å²) in [4.78, 5) is 12.3. The predicted octanol–water partition coefficient (Wildman–Crippen LogP) is 1.14. The van der Waals surface area contributed by atoms with Gasteiger partial charge >= 0.3 is 0 Å². The summed E-state index contributed by atoms with van der Waals surface area (Å²) in [6.45, 7) is 1.64. The molecule has 0 aliphatic rings. The molecule has 4 N–H and O–H groups in total. The zero-order valence-electron chi connectivity index (χ0n) is 12.2. The number of aryl methyl sites for hydroxylation is 1. The van der Waals surface area contributed by atoms with E-state index >= 15 is 0 Å². The fourth-order valence-corrected chi connectivity index (χ4v) is 2.39. The van der Waals surface area contributed by atoms with Crippen LogP contribution in [0.25, 0.3) is 0 Å². The van der Waals surface area contributed by atoms with E-state index < -0.39 is 17.7 Å². The quantitative estimate of drug-likeness (QED) is 0.588. The van der Waals surface area contributed by atoms with E-state index in [0.717, 1.165) is 5.75 Å². The van der Waals surface area contributed by atoms with Gasteiger partial charge in [-0.15, -0.1) is 10.2 Å². The van der Waals surface area contributed by atoms with Gasteiger partial charge in [0.1, 0.15) is 0 Å². The van der Waals surface area contributed by atoms with E-state index in [9.17, 15) is 15.0 Å². The van der Waals surface area contributed by atoms with Crippen LogP contribution < -0.4 is 5.32 Å². The van der Waals surface area contributed by atoms with Crippen molar-refractivity contribution in [1.29, 1.82) is 0 Å².